The number of morpholine rings is 1. The number of hydrogen-bond donors (Lipinski definition) is 1. The SMILES string of the molecule is CC(C)CN1CCOC(CNC(=O)c2ccc3c(c2)C(=O)c2ccccc2-3)C1. The van der Waals surface area contributed by atoms with Crippen molar-refractivity contribution in [1.29, 1.82) is 0 Å². The van der Waals surface area contributed by atoms with Gasteiger partial charge in [0.25, 0.3) is 5.91 Å². The lowest BCUT2D eigenvalue weighted by atomic mass is 10.0. The Labute approximate surface area is 165 Å². The highest BCUT2D eigenvalue weighted by Crippen LogP contribution is 2.36. The van der Waals surface area contributed by atoms with Gasteiger partial charge in [-0.1, -0.05) is 44.2 Å². The van der Waals surface area contributed by atoms with Crippen molar-refractivity contribution in [3.05, 3.63) is 59.2 Å². The molecule has 1 saturated heterocycles. The van der Waals surface area contributed by atoms with Crippen LogP contribution >= 0.6 is 0 Å². The molecule has 2 aliphatic rings. The topological polar surface area (TPSA) is 58.6 Å². The number of carbonyl (C=O) groups excluding carboxylic acids is 2. The first-order valence-electron chi connectivity index (χ1n) is 9.93. The predicted molar refractivity (Wildman–Crippen MR) is 109 cm³/mol. The Morgan fingerprint density at radius 3 is 2.68 bits per heavy atom. The first-order chi connectivity index (χ1) is 13.5. The largest absolute Gasteiger partial charge is 0.374 e. The molecule has 2 aromatic rings. The number of rotatable bonds is 5. The summed E-state index contributed by atoms with van der Waals surface area (Å²) in [6.07, 6.45) is -0.00300. The Morgan fingerprint density at radius 2 is 1.89 bits per heavy atom. The van der Waals surface area contributed by atoms with Gasteiger partial charge in [0, 0.05) is 42.9 Å². The van der Waals surface area contributed by atoms with Gasteiger partial charge in [0.2, 0.25) is 0 Å². The molecule has 1 amide bonds. The van der Waals surface area contributed by atoms with Crippen LogP contribution in [0.3, 0.4) is 0 Å². The van der Waals surface area contributed by atoms with Crippen LogP contribution in [0.2, 0.25) is 0 Å². The zero-order valence-electron chi connectivity index (χ0n) is 16.4. The van der Waals surface area contributed by atoms with E-state index < -0.39 is 0 Å². The molecular formula is C23H26N2O3. The number of carbonyl (C=O) groups is 2. The molecule has 1 N–H and O–H groups in total. The molecule has 0 saturated carbocycles. The van der Waals surface area contributed by atoms with Crippen LogP contribution in [-0.2, 0) is 4.74 Å². The van der Waals surface area contributed by atoms with E-state index in [1.807, 2.05) is 30.3 Å². The van der Waals surface area contributed by atoms with Gasteiger partial charge in [-0.2, -0.15) is 0 Å². The normalized spacial score (nSPS) is 18.8. The van der Waals surface area contributed by atoms with Gasteiger partial charge >= 0.3 is 0 Å². The molecule has 5 nitrogen and oxygen atoms in total. The summed E-state index contributed by atoms with van der Waals surface area (Å²) in [4.78, 5) is 27.7. The van der Waals surface area contributed by atoms with Gasteiger partial charge in [0.05, 0.1) is 12.7 Å². The maximum absolute atomic E-state index is 12.6. The fraction of sp³-hybridized carbons (Fsp3) is 0.391. The minimum atomic E-state index is -0.170. The summed E-state index contributed by atoms with van der Waals surface area (Å²) in [5.41, 5.74) is 3.66. The maximum atomic E-state index is 12.6. The third-order valence-electron chi connectivity index (χ3n) is 5.32. The van der Waals surface area contributed by atoms with Crippen LogP contribution in [0.15, 0.2) is 42.5 Å². The second-order valence-electron chi connectivity index (χ2n) is 7.99. The number of nitrogens with zero attached hydrogens (tertiary/aromatic N) is 1. The molecule has 1 fully saturated rings. The molecule has 4 rings (SSSR count). The molecule has 146 valence electrons. The van der Waals surface area contributed by atoms with Crippen molar-refractivity contribution in [3.8, 4) is 11.1 Å². The van der Waals surface area contributed by atoms with Gasteiger partial charge in [0.15, 0.2) is 5.78 Å². The summed E-state index contributed by atoms with van der Waals surface area (Å²) >= 11 is 0. The van der Waals surface area contributed by atoms with Crippen LogP contribution < -0.4 is 5.32 Å². The lowest BCUT2D eigenvalue weighted by molar-refractivity contribution is -0.0295. The van der Waals surface area contributed by atoms with Crippen molar-refractivity contribution in [1.82, 2.24) is 10.2 Å². The predicted octanol–water partition coefficient (Wildman–Crippen LogP) is 2.98. The molecule has 0 bridgehead atoms. The van der Waals surface area contributed by atoms with Gasteiger partial charge in [0.1, 0.15) is 0 Å². The van der Waals surface area contributed by atoms with Crippen molar-refractivity contribution in [2.24, 2.45) is 5.92 Å². The molecular weight excluding hydrogens is 352 g/mol. The third kappa shape index (κ3) is 3.73. The fourth-order valence-corrected chi connectivity index (χ4v) is 4.06. The van der Waals surface area contributed by atoms with Gasteiger partial charge < -0.3 is 10.1 Å². The average Bonchev–Trinajstić information content (AvgIpc) is 2.98. The molecule has 1 aliphatic heterocycles. The van der Waals surface area contributed by atoms with E-state index in [1.165, 1.54) is 0 Å². The van der Waals surface area contributed by atoms with Crippen LogP contribution in [0, 0.1) is 5.92 Å². The van der Waals surface area contributed by atoms with Crippen molar-refractivity contribution in [2.45, 2.75) is 20.0 Å². The van der Waals surface area contributed by atoms with Crippen LogP contribution in [-0.4, -0.2) is 55.5 Å². The second-order valence-corrected chi connectivity index (χ2v) is 7.99. The Kier molecular flexibility index (Phi) is 5.29. The molecule has 5 heteroatoms. The lowest BCUT2D eigenvalue weighted by Crippen LogP contribution is -2.48. The van der Waals surface area contributed by atoms with Gasteiger partial charge in [-0.25, -0.2) is 0 Å². The van der Waals surface area contributed by atoms with Crippen molar-refractivity contribution in [2.75, 3.05) is 32.8 Å². The lowest BCUT2D eigenvalue weighted by Gasteiger charge is -2.33. The van der Waals surface area contributed by atoms with Crippen molar-refractivity contribution >= 4 is 11.7 Å². The molecule has 28 heavy (non-hydrogen) atoms. The standard InChI is InChI=1S/C23H26N2O3/c1-15(2)13-25-9-10-28-17(14-25)12-24-23(27)16-7-8-19-18-5-3-4-6-20(18)22(26)21(19)11-16/h3-8,11,15,17H,9-10,12-14H2,1-2H3,(H,24,27). The molecule has 0 radical (unpaired) electrons. The highest BCUT2D eigenvalue weighted by molar-refractivity contribution is 6.22. The first kappa shape index (κ1) is 18.8. The Bertz CT molecular complexity index is 906. The van der Waals surface area contributed by atoms with E-state index in [9.17, 15) is 9.59 Å². The summed E-state index contributed by atoms with van der Waals surface area (Å²) in [7, 11) is 0. The smallest absolute Gasteiger partial charge is 0.251 e. The number of nitrogens with one attached hydrogen (secondary N) is 1. The first-order valence-corrected chi connectivity index (χ1v) is 9.93. The van der Waals surface area contributed by atoms with E-state index in [2.05, 4.69) is 24.1 Å². The number of hydrogen-bond acceptors (Lipinski definition) is 4. The third-order valence-corrected chi connectivity index (χ3v) is 5.32. The van der Waals surface area contributed by atoms with Gasteiger partial charge in [-0.15, -0.1) is 0 Å². The van der Waals surface area contributed by atoms with Gasteiger partial charge in [-0.3, -0.25) is 14.5 Å². The zero-order valence-corrected chi connectivity index (χ0v) is 16.4. The summed E-state index contributed by atoms with van der Waals surface area (Å²) in [5, 5.41) is 2.97. The summed E-state index contributed by atoms with van der Waals surface area (Å²) in [6.45, 7) is 8.39. The van der Waals surface area contributed by atoms with Crippen LogP contribution in [0.4, 0.5) is 0 Å². The Balaban J connectivity index is 1.41. The van der Waals surface area contributed by atoms with E-state index in [-0.39, 0.29) is 17.8 Å². The molecule has 1 atom stereocenters. The van der Waals surface area contributed by atoms with E-state index in [0.717, 1.165) is 30.8 Å². The number of ketones is 1. The minimum absolute atomic E-state index is 0.00300. The van der Waals surface area contributed by atoms with Crippen LogP contribution in [0.25, 0.3) is 11.1 Å². The molecule has 2 aromatic carbocycles. The van der Waals surface area contributed by atoms with Crippen molar-refractivity contribution in [3.63, 3.8) is 0 Å². The van der Waals surface area contributed by atoms with Crippen LogP contribution in [0.1, 0.15) is 40.1 Å². The summed E-state index contributed by atoms with van der Waals surface area (Å²) in [6, 6.07) is 12.9. The quantitative estimate of drug-likeness (QED) is 0.742. The monoisotopic (exact) mass is 378 g/mol. The zero-order chi connectivity index (χ0) is 19.7. The fourth-order valence-electron chi connectivity index (χ4n) is 4.06. The van der Waals surface area contributed by atoms with Crippen molar-refractivity contribution < 1.29 is 14.3 Å². The highest BCUT2D eigenvalue weighted by Gasteiger charge is 2.27. The van der Waals surface area contributed by atoms with E-state index in [1.54, 1.807) is 12.1 Å². The highest BCUT2D eigenvalue weighted by atomic mass is 16.5. The molecule has 0 spiro atoms. The number of fused-ring (bicyclic) bond motifs is 3. The Hall–Kier alpha value is -2.50. The Morgan fingerprint density at radius 1 is 1.14 bits per heavy atom. The summed E-state index contributed by atoms with van der Waals surface area (Å²) < 4.78 is 5.80. The van der Waals surface area contributed by atoms with Crippen LogP contribution in [0.5, 0.6) is 0 Å². The number of benzene rings is 2. The maximum Gasteiger partial charge on any atom is 0.251 e. The van der Waals surface area contributed by atoms with E-state index >= 15 is 0 Å². The second kappa shape index (κ2) is 7.86. The van der Waals surface area contributed by atoms with E-state index in [4.69, 9.17) is 4.74 Å². The van der Waals surface area contributed by atoms with E-state index in [0.29, 0.717) is 35.8 Å². The number of amides is 1. The minimum Gasteiger partial charge on any atom is -0.374 e. The molecule has 1 aliphatic carbocycles. The van der Waals surface area contributed by atoms with Gasteiger partial charge in [-0.05, 0) is 29.2 Å². The molecule has 1 unspecified atom stereocenters. The molecule has 0 aromatic heterocycles. The average molecular weight is 378 g/mol. The summed E-state index contributed by atoms with van der Waals surface area (Å²) in [5.74, 6) is 0.428. The molecule has 1 heterocycles. The number of ether oxygens (including phenoxy) is 1.